The van der Waals surface area contributed by atoms with Gasteiger partial charge >= 0.3 is 0 Å². The van der Waals surface area contributed by atoms with Crippen molar-refractivity contribution < 1.29 is 4.79 Å². The van der Waals surface area contributed by atoms with Crippen molar-refractivity contribution in [2.75, 3.05) is 0 Å². The molecule has 0 aliphatic rings. The molecule has 0 fully saturated rings. The third-order valence-corrected chi connectivity index (χ3v) is 6.67. The lowest BCUT2D eigenvalue weighted by molar-refractivity contribution is -0.121. The second-order valence-corrected chi connectivity index (χ2v) is 9.57. The Bertz CT molecular complexity index is 979. The molecule has 0 saturated carbocycles. The van der Waals surface area contributed by atoms with E-state index in [4.69, 9.17) is 4.98 Å². The third kappa shape index (κ3) is 8.30. The van der Waals surface area contributed by atoms with Gasteiger partial charge < -0.3 is 9.88 Å². The Morgan fingerprint density at radius 1 is 0.853 bits per heavy atom. The number of amides is 1. The molecule has 0 spiro atoms. The summed E-state index contributed by atoms with van der Waals surface area (Å²) in [6.45, 7) is 5.28. The first-order valence-electron chi connectivity index (χ1n) is 13.5. The molecule has 0 radical (unpaired) electrons. The van der Waals surface area contributed by atoms with Crippen LogP contribution in [0.5, 0.6) is 0 Å². The van der Waals surface area contributed by atoms with Crippen LogP contribution in [0.1, 0.15) is 102 Å². The first-order chi connectivity index (χ1) is 16.7. The molecule has 1 N–H and O–H groups in total. The molecule has 184 valence electrons. The number of imidazole rings is 1. The molecule has 4 nitrogen and oxygen atoms in total. The minimum atomic E-state index is -0.112. The first-order valence-corrected chi connectivity index (χ1v) is 13.5. The van der Waals surface area contributed by atoms with E-state index in [0.29, 0.717) is 6.42 Å². The number of nitrogens with one attached hydrogen (secondary N) is 1. The van der Waals surface area contributed by atoms with Gasteiger partial charge in [-0.15, -0.1) is 0 Å². The number of hydrogen-bond acceptors (Lipinski definition) is 2. The molecule has 0 bridgehead atoms. The van der Waals surface area contributed by atoms with Crippen molar-refractivity contribution in [3.8, 4) is 0 Å². The zero-order valence-electron chi connectivity index (χ0n) is 21.3. The highest BCUT2D eigenvalue weighted by Gasteiger charge is 2.18. The van der Waals surface area contributed by atoms with Crippen molar-refractivity contribution in [3.63, 3.8) is 0 Å². The Labute approximate surface area is 206 Å². The molecular weight excluding hydrogens is 418 g/mol. The number of rotatable bonds is 16. The van der Waals surface area contributed by atoms with Crippen molar-refractivity contribution >= 4 is 16.9 Å². The summed E-state index contributed by atoms with van der Waals surface area (Å²) in [5.41, 5.74) is 3.37. The zero-order valence-corrected chi connectivity index (χ0v) is 21.3. The third-order valence-electron chi connectivity index (χ3n) is 6.67. The smallest absolute Gasteiger partial charge is 0.220 e. The number of aromatic nitrogens is 2. The quantitative estimate of drug-likeness (QED) is 0.221. The maximum absolute atomic E-state index is 12.6. The molecule has 2 aromatic carbocycles. The number of hydrogen-bond donors (Lipinski definition) is 1. The molecule has 4 heteroatoms. The van der Waals surface area contributed by atoms with Crippen molar-refractivity contribution in [1.29, 1.82) is 0 Å². The van der Waals surface area contributed by atoms with Crippen LogP contribution >= 0.6 is 0 Å². The molecular formula is C30H43N3O. The van der Waals surface area contributed by atoms with E-state index < -0.39 is 0 Å². The van der Waals surface area contributed by atoms with Crippen LogP contribution in [-0.2, 0) is 17.8 Å². The van der Waals surface area contributed by atoms with E-state index in [-0.39, 0.29) is 11.9 Å². The SMILES string of the molecule is CCCCCCCCCCCCn1c(C(C)NC(=O)CCc2ccccc2)nc2ccccc21. The molecule has 0 saturated heterocycles. The predicted octanol–water partition coefficient (Wildman–Crippen LogP) is 7.77. The van der Waals surface area contributed by atoms with Gasteiger partial charge in [0.1, 0.15) is 5.82 Å². The Kier molecular flexibility index (Phi) is 11.2. The summed E-state index contributed by atoms with van der Waals surface area (Å²) in [5, 5.41) is 3.18. The average Bonchev–Trinajstić information content (AvgIpc) is 3.23. The number of aryl methyl sites for hydroxylation is 2. The number of benzene rings is 2. The zero-order chi connectivity index (χ0) is 24.0. The van der Waals surface area contributed by atoms with Gasteiger partial charge in [-0.25, -0.2) is 4.98 Å². The summed E-state index contributed by atoms with van der Waals surface area (Å²) in [5.74, 6) is 1.04. The molecule has 34 heavy (non-hydrogen) atoms. The van der Waals surface area contributed by atoms with Crippen LogP contribution in [0, 0.1) is 0 Å². The van der Waals surface area contributed by atoms with E-state index in [1.807, 2.05) is 24.3 Å². The summed E-state index contributed by atoms with van der Waals surface area (Å²) in [7, 11) is 0. The van der Waals surface area contributed by atoms with Gasteiger partial charge in [-0.05, 0) is 37.5 Å². The number of nitrogens with zero attached hydrogens (tertiary/aromatic N) is 2. The molecule has 3 rings (SSSR count). The van der Waals surface area contributed by atoms with Crippen molar-refractivity contribution in [3.05, 3.63) is 66.0 Å². The van der Waals surface area contributed by atoms with E-state index in [2.05, 4.69) is 54.1 Å². The second-order valence-electron chi connectivity index (χ2n) is 9.57. The van der Waals surface area contributed by atoms with E-state index in [1.165, 1.54) is 68.9 Å². The summed E-state index contributed by atoms with van der Waals surface area (Å²) in [4.78, 5) is 17.5. The topological polar surface area (TPSA) is 46.9 Å². The summed E-state index contributed by atoms with van der Waals surface area (Å²) >= 11 is 0. The van der Waals surface area contributed by atoms with Crippen LogP contribution in [-0.4, -0.2) is 15.5 Å². The van der Waals surface area contributed by atoms with Crippen molar-refractivity contribution in [2.45, 2.75) is 103 Å². The van der Waals surface area contributed by atoms with Gasteiger partial charge in [-0.3, -0.25) is 4.79 Å². The van der Waals surface area contributed by atoms with Crippen LogP contribution in [0.4, 0.5) is 0 Å². The van der Waals surface area contributed by atoms with Gasteiger partial charge in [-0.1, -0.05) is 107 Å². The van der Waals surface area contributed by atoms with Crippen LogP contribution in [0.3, 0.4) is 0 Å². The van der Waals surface area contributed by atoms with Crippen LogP contribution in [0.2, 0.25) is 0 Å². The van der Waals surface area contributed by atoms with Gasteiger partial charge in [0.2, 0.25) is 5.91 Å². The fourth-order valence-electron chi connectivity index (χ4n) is 4.70. The number of unbranched alkanes of at least 4 members (excludes halogenated alkanes) is 9. The van der Waals surface area contributed by atoms with Crippen molar-refractivity contribution in [2.24, 2.45) is 0 Å². The molecule has 1 amide bonds. The fourth-order valence-corrected chi connectivity index (χ4v) is 4.70. The number of para-hydroxylation sites is 2. The van der Waals surface area contributed by atoms with E-state index in [1.54, 1.807) is 0 Å². The lowest BCUT2D eigenvalue weighted by Crippen LogP contribution is -2.29. The Morgan fingerprint density at radius 3 is 2.18 bits per heavy atom. The minimum absolute atomic E-state index is 0.0777. The Balaban J connectivity index is 1.49. The van der Waals surface area contributed by atoms with Gasteiger partial charge in [0.25, 0.3) is 0 Å². The minimum Gasteiger partial charge on any atom is -0.346 e. The summed E-state index contributed by atoms with van der Waals surface area (Å²) < 4.78 is 2.32. The number of carbonyl (C=O) groups is 1. The fraction of sp³-hybridized carbons (Fsp3) is 0.533. The summed E-state index contributed by atoms with van der Waals surface area (Å²) in [6, 6.07) is 18.4. The molecule has 1 unspecified atom stereocenters. The molecule has 1 heterocycles. The van der Waals surface area contributed by atoms with Gasteiger partial charge in [0.05, 0.1) is 17.1 Å². The highest BCUT2D eigenvalue weighted by Crippen LogP contribution is 2.22. The number of carbonyl (C=O) groups excluding carboxylic acids is 1. The monoisotopic (exact) mass is 461 g/mol. The van der Waals surface area contributed by atoms with Gasteiger partial charge in [0.15, 0.2) is 0 Å². The van der Waals surface area contributed by atoms with Crippen LogP contribution in [0.25, 0.3) is 11.0 Å². The van der Waals surface area contributed by atoms with Crippen molar-refractivity contribution in [1.82, 2.24) is 14.9 Å². The van der Waals surface area contributed by atoms with Crippen LogP contribution < -0.4 is 5.32 Å². The van der Waals surface area contributed by atoms with E-state index in [9.17, 15) is 4.79 Å². The van der Waals surface area contributed by atoms with Gasteiger partial charge in [-0.2, -0.15) is 0 Å². The molecule has 3 aromatic rings. The Hall–Kier alpha value is -2.62. The standard InChI is InChI=1S/C30H43N3O/c1-3-4-5-6-7-8-9-10-11-17-24-33-28-21-16-15-20-27(28)32-30(33)25(2)31-29(34)23-22-26-18-13-12-14-19-26/h12-16,18-21,25H,3-11,17,22-24H2,1-2H3,(H,31,34). The van der Waals surface area contributed by atoms with Crippen LogP contribution in [0.15, 0.2) is 54.6 Å². The second kappa shape index (κ2) is 14.6. The van der Waals surface area contributed by atoms with E-state index in [0.717, 1.165) is 30.7 Å². The largest absolute Gasteiger partial charge is 0.346 e. The number of fused-ring (bicyclic) bond motifs is 1. The maximum atomic E-state index is 12.6. The molecule has 1 aromatic heterocycles. The molecule has 0 aliphatic carbocycles. The predicted molar refractivity (Wildman–Crippen MR) is 143 cm³/mol. The van der Waals surface area contributed by atoms with Gasteiger partial charge in [0, 0.05) is 13.0 Å². The molecule has 1 atom stereocenters. The lowest BCUT2D eigenvalue weighted by atomic mass is 10.1. The highest BCUT2D eigenvalue weighted by atomic mass is 16.1. The summed E-state index contributed by atoms with van der Waals surface area (Å²) in [6.07, 6.45) is 14.6. The van der Waals surface area contributed by atoms with E-state index >= 15 is 0 Å². The highest BCUT2D eigenvalue weighted by molar-refractivity contribution is 5.78. The molecule has 0 aliphatic heterocycles. The normalized spacial score (nSPS) is 12.2. The first kappa shape index (κ1) is 26.0. The lowest BCUT2D eigenvalue weighted by Gasteiger charge is -2.16. The average molecular weight is 462 g/mol. The maximum Gasteiger partial charge on any atom is 0.220 e. The Morgan fingerprint density at radius 2 is 1.47 bits per heavy atom.